The topological polar surface area (TPSA) is 96.5 Å². The van der Waals surface area contributed by atoms with E-state index in [-0.39, 0.29) is 23.5 Å². The molecule has 0 fully saturated rings. The lowest BCUT2D eigenvalue weighted by Crippen LogP contribution is -2.27. The van der Waals surface area contributed by atoms with Gasteiger partial charge >= 0.3 is 5.69 Å². The predicted octanol–water partition coefficient (Wildman–Crippen LogP) is 1.20. The molecular formula is C11H11N3O4. The van der Waals surface area contributed by atoms with Crippen molar-refractivity contribution < 1.29 is 14.5 Å². The van der Waals surface area contributed by atoms with Gasteiger partial charge in [-0.2, -0.15) is 5.26 Å². The van der Waals surface area contributed by atoms with Gasteiger partial charge in [0.15, 0.2) is 0 Å². The van der Waals surface area contributed by atoms with Gasteiger partial charge in [0.1, 0.15) is 6.54 Å². The molecule has 7 heteroatoms. The first kappa shape index (κ1) is 13.4. The first-order valence-electron chi connectivity index (χ1n) is 4.96. The number of nitro groups is 1. The molecule has 0 heterocycles. The number of ether oxygens (including phenoxy) is 1. The van der Waals surface area contributed by atoms with E-state index in [2.05, 4.69) is 0 Å². The Labute approximate surface area is 103 Å². The molecule has 0 radical (unpaired) electrons. The zero-order valence-electron chi connectivity index (χ0n) is 9.91. The Bertz CT molecular complexity index is 522. The number of carbonyl (C=O) groups excluding carboxylic acids is 1. The lowest BCUT2D eigenvalue weighted by molar-refractivity contribution is -0.385. The fourth-order valence-corrected chi connectivity index (χ4v) is 1.44. The van der Waals surface area contributed by atoms with E-state index < -0.39 is 10.8 Å². The maximum Gasteiger partial charge on any atom is 0.311 e. The number of rotatable bonds is 4. The summed E-state index contributed by atoms with van der Waals surface area (Å²) in [6, 6.07) is 5.89. The largest absolute Gasteiger partial charge is 0.490 e. The molecule has 1 rings (SSSR count). The molecule has 1 amide bonds. The van der Waals surface area contributed by atoms with E-state index in [0.29, 0.717) is 0 Å². The molecule has 0 aliphatic rings. The summed E-state index contributed by atoms with van der Waals surface area (Å²) in [4.78, 5) is 23.3. The van der Waals surface area contributed by atoms with Crippen LogP contribution < -0.4 is 4.74 Å². The van der Waals surface area contributed by atoms with Crippen molar-refractivity contribution in [2.75, 3.05) is 20.7 Å². The molecular weight excluding hydrogens is 238 g/mol. The number of amides is 1. The van der Waals surface area contributed by atoms with Gasteiger partial charge in [-0.1, -0.05) is 6.07 Å². The second-order valence-electron chi connectivity index (χ2n) is 3.43. The molecule has 1 aromatic carbocycles. The molecule has 0 atom stereocenters. The number of benzene rings is 1. The molecule has 0 unspecified atom stereocenters. The van der Waals surface area contributed by atoms with Crippen molar-refractivity contribution in [1.29, 1.82) is 5.26 Å². The van der Waals surface area contributed by atoms with Crippen molar-refractivity contribution in [2.45, 2.75) is 0 Å². The minimum Gasteiger partial charge on any atom is -0.490 e. The highest BCUT2D eigenvalue weighted by Crippen LogP contribution is 2.31. The molecule has 0 aliphatic heterocycles. The smallest absolute Gasteiger partial charge is 0.311 e. The Hall–Kier alpha value is -2.62. The van der Waals surface area contributed by atoms with Crippen LogP contribution >= 0.6 is 0 Å². The van der Waals surface area contributed by atoms with Crippen LogP contribution in [0.4, 0.5) is 5.69 Å². The second-order valence-corrected chi connectivity index (χ2v) is 3.43. The van der Waals surface area contributed by atoms with Crippen molar-refractivity contribution in [3.8, 4) is 11.8 Å². The molecule has 94 valence electrons. The number of hydrogen-bond donors (Lipinski definition) is 0. The molecule has 1 aromatic rings. The van der Waals surface area contributed by atoms with E-state index in [9.17, 15) is 14.9 Å². The van der Waals surface area contributed by atoms with Gasteiger partial charge in [-0.15, -0.1) is 0 Å². The number of nitriles is 1. The highest BCUT2D eigenvalue weighted by atomic mass is 16.6. The number of methoxy groups -OCH3 is 1. The summed E-state index contributed by atoms with van der Waals surface area (Å²) in [7, 11) is 2.69. The number of nitrogens with zero attached hydrogens (tertiary/aromatic N) is 3. The summed E-state index contributed by atoms with van der Waals surface area (Å²) in [6.07, 6.45) is 0. The number of carbonyl (C=O) groups is 1. The van der Waals surface area contributed by atoms with Gasteiger partial charge in [-0.25, -0.2) is 0 Å². The van der Waals surface area contributed by atoms with Gasteiger partial charge in [0.2, 0.25) is 5.75 Å². The van der Waals surface area contributed by atoms with Gasteiger partial charge in [0.05, 0.1) is 23.7 Å². The molecule has 0 bridgehead atoms. The van der Waals surface area contributed by atoms with Crippen LogP contribution in [0, 0.1) is 21.4 Å². The number of para-hydroxylation sites is 1. The molecule has 18 heavy (non-hydrogen) atoms. The van der Waals surface area contributed by atoms with E-state index in [1.807, 2.05) is 6.07 Å². The van der Waals surface area contributed by atoms with Crippen molar-refractivity contribution >= 4 is 11.6 Å². The summed E-state index contributed by atoms with van der Waals surface area (Å²) in [5.41, 5.74) is -0.224. The van der Waals surface area contributed by atoms with Crippen molar-refractivity contribution in [1.82, 2.24) is 4.90 Å². The maximum atomic E-state index is 12.0. The Morgan fingerprint density at radius 2 is 2.28 bits per heavy atom. The highest BCUT2D eigenvalue weighted by molar-refractivity contribution is 5.98. The monoisotopic (exact) mass is 249 g/mol. The molecule has 7 nitrogen and oxygen atoms in total. The van der Waals surface area contributed by atoms with Crippen LogP contribution in [0.1, 0.15) is 10.4 Å². The predicted molar refractivity (Wildman–Crippen MR) is 62.2 cm³/mol. The Morgan fingerprint density at radius 3 is 2.78 bits per heavy atom. The quantitative estimate of drug-likeness (QED) is 0.453. The first-order valence-corrected chi connectivity index (χ1v) is 4.96. The summed E-state index contributed by atoms with van der Waals surface area (Å²) in [5, 5.41) is 19.3. The summed E-state index contributed by atoms with van der Waals surface area (Å²) in [5.74, 6) is -0.602. The van der Waals surface area contributed by atoms with Crippen molar-refractivity contribution in [2.24, 2.45) is 0 Å². The minimum atomic E-state index is -0.625. The Morgan fingerprint density at radius 1 is 1.61 bits per heavy atom. The van der Waals surface area contributed by atoms with E-state index in [0.717, 1.165) is 4.90 Å². The molecule has 0 spiro atoms. The Kier molecular flexibility index (Phi) is 4.21. The molecule has 0 N–H and O–H groups in total. The fraction of sp³-hybridized carbons (Fsp3) is 0.273. The third-order valence-electron chi connectivity index (χ3n) is 2.28. The second kappa shape index (κ2) is 5.63. The van der Waals surface area contributed by atoms with Gasteiger partial charge < -0.3 is 9.64 Å². The lowest BCUT2D eigenvalue weighted by atomic mass is 10.1. The van der Waals surface area contributed by atoms with E-state index in [1.165, 1.54) is 32.4 Å². The third-order valence-corrected chi connectivity index (χ3v) is 2.28. The summed E-state index contributed by atoms with van der Waals surface area (Å²) < 4.78 is 4.92. The molecule has 0 aromatic heterocycles. The van der Waals surface area contributed by atoms with Gasteiger partial charge in [0.25, 0.3) is 5.91 Å². The van der Waals surface area contributed by atoms with Crippen LogP contribution in [0.5, 0.6) is 5.75 Å². The minimum absolute atomic E-state index is 0.0597. The van der Waals surface area contributed by atoms with Crippen molar-refractivity contribution in [3.05, 3.63) is 33.9 Å². The summed E-state index contributed by atoms with van der Waals surface area (Å²) in [6.45, 7) is -0.106. The van der Waals surface area contributed by atoms with Gasteiger partial charge in [-0.05, 0) is 6.07 Å². The van der Waals surface area contributed by atoms with Crippen LogP contribution in [0.15, 0.2) is 18.2 Å². The van der Waals surface area contributed by atoms with E-state index in [1.54, 1.807) is 0 Å². The first-order chi connectivity index (χ1) is 8.52. The van der Waals surface area contributed by atoms with Crippen LogP contribution in [-0.4, -0.2) is 36.4 Å². The van der Waals surface area contributed by atoms with Crippen LogP contribution in [0.2, 0.25) is 0 Å². The molecule has 0 saturated carbocycles. The Balaban J connectivity index is 3.25. The van der Waals surface area contributed by atoms with E-state index in [4.69, 9.17) is 10.00 Å². The third kappa shape index (κ3) is 2.55. The van der Waals surface area contributed by atoms with Crippen LogP contribution in [-0.2, 0) is 0 Å². The lowest BCUT2D eigenvalue weighted by Gasteiger charge is -2.15. The van der Waals surface area contributed by atoms with Gasteiger partial charge in [-0.3, -0.25) is 14.9 Å². The average molecular weight is 249 g/mol. The zero-order chi connectivity index (χ0) is 13.7. The van der Waals surface area contributed by atoms with Gasteiger partial charge in [0, 0.05) is 13.1 Å². The summed E-state index contributed by atoms with van der Waals surface area (Å²) >= 11 is 0. The number of nitro benzene ring substituents is 1. The van der Waals surface area contributed by atoms with Crippen LogP contribution in [0.3, 0.4) is 0 Å². The normalized spacial score (nSPS) is 9.39. The van der Waals surface area contributed by atoms with Crippen molar-refractivity contribution in [3.63, 3.8) is 0 Å². The maximum absolute atomic E-state index is 12.0. The standard InChI is InChI=1S/C11H11N3O4/c1-13(7-6-12)11(15)8-4-3-5-9(14(16)17)10(8)18-2/h3-5H,7H2,1-2H3. The van der Waals surface area contributed by atoms with E-state index >= 15 is 0 Å². The zero-order valence-corrected chi connectivity index (χ0v) is 9.91. The SMILES string of the molecule is COc1c(C(=O)N(C)CC#N)cccc1[N+](=O)[O-]. The van der Waals surface area contributed by atoms with Crippen LogP contribution in [0.25, 0.3) is 0 Å². The average Bonchev–Trinajstić information content (AvgIpc) is 2.36. The highest BCUT2D eigenvalue weighted by Gasteiger charge is 2.24. The fourth-order valence-electron chi connectivity index (χ4n) is 1.44. The molecule has 0 aliphatic carbocycles. The molecule has 0 saturated heterocycles. The number of hydrogen-bond acceptors (Lipinski definition) is 5.